The third-order valence-corrected chi connectivity index (χ3v) is 3.62. The first-order valence-electron chi connectivity index (χ1n) is 7.47. The van der Waals surface area contributed by atoms with Crippen LogP contribution in [-0.2, 0) is 6.54 Å². The van der Waals surface area contributed by atoms with E-state index in [2.05, 4.69) is 10.3 Å². The maximum absolute atomic E-state index is 13.7. The minimum atomic E-state index is -0.802. The van der Waals surface area contributed by atoms with E-state index < -0.39 is 17.5 Å². The van der Waals surface area contributed by atoms with Gasteiger partial charge in [0.2, 0.25) is 0 Å². The maximum atomic E-state index is 13.7. The van der Waals surface area contributed by atoms with E-state index >= 15 is 0 Å². The minimum Gasteiger partial charge on any atom is -0.348 e. The lowest BCUT2D eigenvalue weighted by molar-refractivity contribution is 0.0946. The Morgan fingerprint density at radius 3 is 2.44 bits per heavy atom. The lowest BCUT2D eigenvalue weighted by Gasteiger charge is -2.10. The molecule has 0 radical (unpaired) electrons. The number of amides is 1. The van der Waals surface area contributed by atoms with Crippen molar-refractivity contribution < 1.29 is 18.0 Å². The predicted octanol–water partition coefficient (Wildman–Crippen LogP) is 4.10. The summed E-state index contributed by atoms with van der Waals surface area (Å²) in [6.45, 7) is 0.0648. The van der Waals surface area contributed by atoms with Crippen LogP contribution < -0.4 is 5.32 Å². The van der Waals surface area contributed by atoms with Gasteiger partial charge < -0.3 is 5.32 Å². The topological polar surface area (TPSA) is 42.0 Å². The van der Waals surface area contributed by atoms with Gasteiger partial charge in [-0.05, 0) is 54.1 Å². The molecule has 2 aromatic carbocycles. The number of rotatable bonds is 4. The molecule has 1 heterocycles. The molecule has 0 fully saturated rings. The van der Waals surface area contributed by atoms with E-state index in [0.717, 1.165) is 18.2 Å². The van der Waals surface area contributed by atoms with Gasteiger partial charge in [0, 0.05) is 18.3 Å². The molecule has 0 unspecified atom stereocenters. The highest BCUT2D eigenvalue weighted by Gasteiger charge is 2.14. The number of nitrogens with one attached hydrogen (secondary N) is 1. The van der Waals surface area contributed by atoms with Crippen molar-refractivity contribution in [2.45, 2.75) is 6.54 Å². The van der Waals surface area contributed by atoms with Crippen molar-refractivity contribution in [3.05, 3.63) is 89.4 Å². The standard InChI is InChI=1S/C19H13F3N2O/c20-14-5-3-12(4-6-14)18-13(2-1-9-23-18)11-24-19(25)16-10-15(21)7-8-17(16)22/h1-10H,11H2,(H,24,25). The fraction of sp³-hybridized carbons (Fsp3) is 0.0526. The van der Waals surface area contributed by atoms with E-state index in [4.69, 9.17) is 0 Å². The Morgan fingerprint density at radius 1 is 0.960 bits per heavy atom. The fourth-order valence-corrected chi connectivity index (χ4v) is 2.39. The number of hydrogen-bond acceptors (Lipinski definition) is 2. The Labute approximate surface area is 142 Å². The summed E-state index contributed by atoms with van der Waals surface area (Å²) in [6.07, 6.45) is 1.58. The summed E-state index contributed by atoms with van der Waals surface area (Å²) in [5.74, 6) is -2.59. The molecule has 0 spiro atoms. The molecular formula is C19H13F3N2O. The van der Waals surface area contributed by atoms with Crippen molar-refractivity contribution in [1.82, 2.24) is 10.3 Å². The van der Waals surface area contributed by atoms with Crippen molar-refractivity contribution in [2.75, 3.05) is 0 Å². The van der Waals surface area contributed by atoms with E-state index in [1.807, 2.05) is 0 Å². The van der Waals surface area contributed by atoms with Crippen LogP contribution in [0.5, 0.6) is 0 Å². The van der Waals surface area contributed by atoms with Crippen molar-refractivity contribution in [3.8, 4) is 11.3 Å². The molecule has 0 atom stereocenters. The fourth-order valence-electron chi connectivity index (χ4n) is 2.39. The van der Waals surface area contributed by atoms with Crippen LogP contribution >= 0.6 is 0 Å². The molecule has 25 heavy (non-hydrogen) atoms. The van der Waals surface area contributed by atoms with Gasteiger partial charge in [-0.1, -0.05) is 6.07 Å². The number of benzene rings is 2. The second-order valence-electron chi connectivity index (χ2n) is 5.32. The summed E-state index contributed by atoms with van der Waals surface area (Å²) in [5.41, 5.74) is 1.55. The van der Waals surface area contributed by atoms with Gasteiger partial charge in [0.25, 0.3) is 5.91 Å². The molecule has 3 nitrogen and oxygen atoms in total. The van der Waals surface area contributed by atoms with Gasteiger partial charge in [0.05, 0.1) is 11.3 Å². The summed E-state index contributed by atoms with van der Waals surface area (Å²) in [5, 5.41) is 2.55. The molecule has 1 amide bonds. The molecule has 1 aromatic heterocycles. The number of pyridine rings is 1. The van der Waals surface area contributed by atoms with Crippen LogP contribution in [-0.4, -0.2) is 10.9 Å². The van der Waals surface area contributed by atoms with Gasteiger partial charge in [0.15, 0.2) is 0 Å². The number of nitrogens with zero attached hydrogens (tertiary/aromatic N) is 1. The van der Waals surface area contributed by atoms with Gasteiger partial charge in [-0.15, -0.1) is 0 Å². The van der Waals surface area contributed by atoms with E-state index in [-0.39, 0.29) is 17.9 Å². The Balaban J connectivity index is 1.81. The average molecular weight is 342 g/mol. The third kappa shape index (κ3) is 3.85. The van der Waals surface area contributed by atoms with Gasteiger partial charge in [0.1, 0.15) is 17.5 Å². The molecule has 3 aromatic rings. The number of halogens is 3. The lowest BCUT2D eigenvalue weighted by Crippen LogP contribution is -2.24. The monoisotopic (exact) mass is 342 g/mol. The van der Waals surface area contributed by atoms with Gasteiger partial charge in [-0.25, -0.2) is 13.2 Å². The quantitative estimate of drug-likeness (QED) is 0.776. The summed E-state index contributed by atoms with van der Waals surface area (Å²) in [7, 11) is 0. The highest BCUT2D eigenvalue weighted by Crippen LogP contribution is 2.21. The lowest BCUT2D eigenvalue weighted by atomic mass is 10.1. The SMILES string of the molecule is O=C(NCc1cccnc1-c1ccc(F)cc1)c1cc(F)ccc1F. The van der Waals surface area contributed by atoms with Gasteiger partial charge >= 0.3 is 0 Å². The van der Waals surface area contributed by atoms with Crippen LogP contribution in [0.4, 0.5) is 13.2 Å². The largest absolute Gasteiger partial charge is 0.348 e. The first-order valence-corrected chi connectivity index (χ1v) is 7.47. The molecule has 0 aliphatic carbocycles. The van der Waals surface area contributed by atoms with Gasteiger partial charge in [-0.2, -0.15) is 0 Å². The molecule has 6 heteroatoms. The molecule has 0 aliphatic heterocycles. The van der Waals surface area contributed by atoms with Crippen LogP contribution in [0.3, 0.4) is 0 Å². The molecule has 0 bridgehead atoms. The molecule has 0 saturated carbocycles. The second-order valence-corrected chi connectivity index (χ2v) is 5.32. The van der Waals surface area contributed by atoms with E-state index in [1.165, 1.54) is 12.1 Å². The Kier molecular flexibility index (Phi) is 4.79. The summed E-state index contributed by atoms with van der Waals surface area (Å²) < 4.78 is 39.9. The van der Waals surface area contributed by atoms with Crippen molar-refractivity contribution in [1.29, 1.82) is 0 Å². The van der Waals surface area contributed by atoms with Crippen LogP contribution in [0.25, 0.3) is 11.3 Å². The van der Waals surface area contributed by atoms with E-state index in [1.54, 1.807) is 30.5 Å². The second kappa shape index (κ2) is 7.17. The van der Waals surface area contributed by atoms with Crippen molar-refractivity contribution in [3.63, 3.8) is 0 Å². The normalized spacial score (nSPS) is 10.5. The summed E-state index contributed by atoms with van der Waals surface area (Å²) >= 11 is 0. The highest BCUT2D eigenvalue weighted by atomic mass is 19.1. The number of carbonyl (C=O) groups is 1. The molecule has 3 rings (SSSR count). The van der Waals surface area contributed by atoms with Crippen molar-refractivity contribution >= 4 is 5.91 Å². The van der Waals surface area contributed by atoms with E-state index in [9.17, 15) is 18.0 Å². The first kappa shape index (κ1) is 16.7. The number of hydrogen-bond donors (Lipinski definition) is 1. The smallest absolute Gasteiger partial charge is 0.254 e. The van der Waals surface area contributed by atoms with Crippen LogP contribution in [0.1, 0.15) is 15.9 Å². The zero-order valence-corrected chi connectivity index (χ0v) is 13.0. The van der Waals surface area contributed by atoms with Crippen LogP contribution in [0, 0.1) is 17.5 Å². The Bertz CT molecular complexity index is 911. The third-order valence-electron chi connectivity index (χ3n) is 3.62. The number of carbonyl (C=O) groups excluding carboxylic acids is 1. The minimum absolute atomic E-state index is 0.0648. The highest BCUT2D eigenvalue weighted by molar-refractivity contribution is 5.94. The zero-order valence-electron chi connectivity index (χ0n) is 13.0. The number of aromatic nitrogens is 1. The molecule has 126 valence electrons. The van der Waals surface area contributed by atoms with E-state index in [0.29, 0.717) is 16.8 Å². The average Bonchev–Trinajstić information content (AvgIpc) is 2.63. The predicted molar refractivity (Wildman–Crippen MR) is 87.2 cm³/mol. The molecule has 0 aliphatic rings. The Hall–Kier alpha value is -3.15. The summed E-state index contributed by atoms with van der Waals surface area (Å²) in [4.78, 5) is 16.3. The van der Waals surface area contributed by atoms with Crippen LogP contribution in [0.15, 0.2) is 60.8 Å². The first-order chi connectivity index (χ1) is 12.0. The Morgan fingerprint density at radius 2 is 1.68 bits per heavy atom. The molecule has 1 N–H and O–H groups in total. The molecular weight excluding hydrogens is 329 g/mol. The van der Waals surface area contributed by atoms with Gasteiger partial charge in [-0.3, -0.25) is 9.78 Å². The zero-order chi connectivity index (χ0) is 17.8. The summed E-state index contributed by atoms with van der Waals surface area (Å²) in [6, 6.07) is 11.9. The maximum Gasteiger partial charge on any atom is 0.254 e. The van der Waals surface area contributed by atoms with Crippen molar-refractivity contribution in [2.24, 2.45) is 0 Å². The van der Waals surface area contributed by atoms with Crippen LogP contribution in [0.2, 0.25) is 0 Å². The molecule has 0 saturated heterocycles.